The number of nitrogens with two attached hydrogens (primary N) is 1. The first-order valence-corrected chi connectivity index (χ1v) is 6.42. The van der Waals surface area contributed by atoms with Gasteiger partial charge in [-0.05, 0) is 39.8 Å². The average molecular weight is 234 g/mol. The van der Waals surface area contributed by atoms with E-state index in [4.69, 9.17) is 5.73 Å². The van der Waals surface area contributed by atoms with Crippen molar-refractivity contribution in [3.63, 3.8) is 0 Å². The Morgan fingerprint density at radius 3 is 2.47 bits per heavy atom. The molecule has 0 aliphatic rings. The largest absolute Gasteiger partial charge is 0.329 e. The minimum Gasteiger partial charge on any atom is -0.329 e. The minimum absolute atomic E-state index is 0.174. The molecule has 0 spiro atoms. The van der Waals surface area contributed by atoms with Gasteiger partial charge in [-0.25, -0.2) is 0 Å². The monoisotopic (exact) mass is 234 g/mol. The van der Waals surface area contributed by atoms with E-state index in [1.54, 1.807) is 0 Å². The third-order valence-electron chi connectivity index (χ3n) is 3.94. The molecule has 96 valence electrons. The van der Waals surface area contributed by atoms with Crippen LogP contribution in [-0.4, -0.2) is 24.0 Å². The molecule has 1 aromatic rings. The molecule has 0 aliphatic carbocycles. The Morgan fingerprint density at radius 2 is 2.00 bits per heavy atom. The molecule has 2 heteroatoms. The Labute approximate surface area is 106 Å². The van der Waals surface area contributed by atoms with E-state index < -0.39 is 0 Å². The van der Waals surface area contributed by atoms with Crippen LogP contribution in [0.25, 0.3) is 0 Å². The third kappa shape index (κ3) is 3.30. The lowest BCUT2D eigenvalue weighted by molar-refractivity contribution is 0.100. The molecule has 1 aromatic carbocycles. The number of aryl methyl sites for hydroxylation is 1. The maximum absolute atomic E-state index is 5.97. The van der Waals surface area contributed by atoms with E-state index in [9.17, 15) is 0 Å². The van der Waals surface area contributed by atoms with E-state index in [1.165, 1.54) is 11.1 Å². The lowest BCUT2D eigenvalue weighted by Crippen LogP contribution is -2.45. The molecule has 17 heavy (non-hydrogen) atoms. The number of rotatable bonds is 5. The molecule has 2 N–H and O–H groups in total. The Kier molecular flexibility index (Phi) is 4.72. The Morgan fingerprint density at radius 1 is 1.35 bits per heavy atom. The van der Waals surface area contributed by atoms with E-state index >= 15 is 0 Å². The summed E-state index contributed by atoms with van der Waals surface area (Å²) < 4.78 is 0. The summed E-state index contributed by atoms with van der Waals surface area (Å²) in [4.78, 5) is 2.39. The Bertz CT molecular complexity index is 358. The summed E-state index contributed by atoms with van der Waals surface area (Å²) >= 11 is 0. The predicted octanol–water partition coefficient (Wildman–Crippen LogP) is 3.12. The quantitative estimate of drug-likeness (QED) is 0.848. The van der Waals surface area contributed by atoms with E-state index in [0.29, 0.717) is 12.6 Å². The third-order valence-corrected chi connectivity index (χ3v) is 3.94. The van der Waals surface area contributed by atoms with Crippen molar-refractivity contribution >= 4 is 0 Å². The van der Waals surface area contributed by atoms with Crippen molar-refractivity contribution in [2.24, 2.45) is 5.73 Å². The number of hydrogen-bond donors (Lipinski definition) is 1. The van der Waals surface area contributed by atoms with Gasteiger partial charge in [0, 0.05) is 18.1 Å². The van der Waals surface area contributed by atoms with E-state index in [1.807, 2.05) is 0 Å². The van der Waals surface area contributed by atoms with Gasteiger partial charge in [0.25, 0.3) is 0 Å². The van der Waals surface area contributed by atoms with Crippen LogP contribution in [0.3, 0.4) is 0 Å². The highest BCUT2D eigenvalue weighted by molar-refractivity contribution is 5.25. The fourth-order valence-electron chi connectivity index (χ4n) is 2.07. The van der Waals surface area contributed by atoms with Crippen molar-refractivity contribution in [2.75, 3.05) is 13.6 Å². The summed E-state index contributed by atoms with van der Waals surface area (Å²) in [6.45, 7) is 9.54. The number of nitrogens with zero attached hydrogens (tertiary/aromatic N) is 1. The first kappa shape index (κ1) is 14.2. The summed E-state index contributed by atoms with van der Waals surface area (Å²) in [5.41, 5.74) is 8.75. The molecule has 0 aliphatic heterocycles. The van der Waals surface area contributed by atoms with Crippen LogP contribution in [0.4, 0.5) is 0 Å². The van der Waals surface area contributed by atoms with Crippen LogP contribution in [0.15, 0.2) is 24.3 Å². The fraction of sp³-hybridized carbons (Fsp3) is 0.600. The molecule has 1 unspecified atom stereocenters. The molecule has 0 amide bonds. The number of hydrogen-bond acceptors (Lipinski definition) is 2. The zero-order chi connectivity index (χ0) is 13.1. The second-order valence-corrected chi connectivity index (χ2v) is 5.44. The van der Waals surface area contributed by atoms with Gasteiger partial charge in [-0.2, -0.15) is 0 Å². The molecule has 0 bridgehead atoms. The Hall–Kier alpha value is -0.860. The van der Waals surface area contributed by atoms with E-state index in [-0.39, 0.29) is 5.54 Å². The second kappa shape index (κ2) is 5.65. The maximum atomic E-state index is 5.97. The zero-order valence-corrected chi connectivity index (χ0v) is 11.8. The average Bonchev–Trinajstić information content (AvgIpc) is 2.30. The van der Waals surface area contributed by atoms with Crippen molar-refractivity contribution in [2.45, 2.75) is 45.7 Å². The smallest absolute Gasteiger partial charge is 0.0472 e. The summed E-state index contributed by atoms with van der Waals surface area (Å²) in [5.74, 6) is 0. The van der Waals surface area contributed by atoms with Crippen molar-refractivity contribution in [3.05, 3.63) is 35.4 Å². The van der Waals surface area contributed by atoms with Gasteiger partial charge in [0.2, 0.25) is 0 Å². The molecular formula is C15H26N2. The predicted molar refractivity (Wildman–Crippen MR) is 75.1 cm³/mol. The highest BCUT2D eigenvalue weighted by Gasteiger charge is 2.27. The molecule has 2 nitrogen and oxygen atoms in total. The van der Waals surface area contributed by atoms with Gasteiger partial charge in [0.15, 0.2) is 0 Å². The molecule has 1 rings (SSSR count). The SMILES string of the molecule is CCC(C)(C)N(C)C(CN)c1cccc(C)c1. The minimum atomic E-state index is 0.174. The highest BCUT2D eigenvalue weighted by Crippen LogP contribution is 2.28. The van der Waals surface area contributed by atoms with Crippen LogP contribution in [0.1, 0.15) is 44.4 Å². The van der Waals surface area contributed by atoms with Gasteiger partial charge in [0.05, 0.1) is 0 Å². The van der Waals surface area contributed by atoms with Gasteiger partial charge in [-0.1, -0.05) is 36.8 Å². The lowest BCUT2D eigenvalue weighted by atomic mass is 9.94. The van der Waals surface area contributed by atoms with Gasteiger partial charge in [0.1, 0.15) is 0 Å². The molecule has 0 saturated carbocycles. The van der Waals surface area contributed by atoms with Gasteiger partial charge in [-0.3, -0.25) is 4.90 Å². The van der Waals surface area contributed by atoms with Crippen LogP contribution in [0, 0.1) is 6.92 Å². The summed E-state index contributed by atoms with van der Waals surface area (Å²) in [5, 5.41) is 0. The van der Waals surface area contributed by atoms with E-state index in [0.717, 1.165) is 6.42 Å². The van der Waals surface area contributed by atoms with Gasteiger partial charge >= 0.3 is 0 Å². The molecular weight excluding hydrogens is 208 g/mol. The summed E-state index contributed by atoms with van der Waals surface area (Å²) in [7, 11) is 2.17. The summed E-state index contributed by atoms with van der Waals surface area (Å²) in [6, 6.07) is 8.94. The first-order chi connectivity index (χ1) is 7.92. The maximum Gasteiger partial charge on any atom is 0.0472 e. The molecule has 0 heterocycles. The van der Waals surface area contributed by atoms with Crippen LogP contribution >= 0.6 is 0 Å². The van der Waals surface area contributed by atoms with Crippen molar-refractivity contribution in [1.82, 2.24) is 4.90 Å². The first-order valence-electron chi connectivity index (χ1n) is 6.42. The number of likely N-dealkylation sites (N-methyl/N-ethyl adjacent to an activating group) is 1. The molecule has 0 aromatic heterocycles. The van der Waals surface area contributed by atoms with Gasteiger partial charge in [-0.15, -0.1) is 0 Å². The van der Waals surface area contributed by atoms with Crippen LogP contribution in [0.2, 0.25) is 0 Å². The molecule has 0 fully saturated rings. The van der Waals surface area contributed by atoms with Crippen molar-refractivity contribution < 1.29 is 0 Å². The molecule has 0 saturated heterocycles. The van der Waals surface area contributed by atoms with Crippen molar-refractivity contribution in [1.29, 1.82) is 0 Å². The van der Waals surface area contributed by atoms with Crippen LogP contribution in [0.5, 0.6) is 0 Å². The second-order valence-electron chi connectivity index (χ2n) is 5.44. The number of benzene rings is 1. The normalized spacial score (nSPS) is 14.1. The van der Waals surface area contributed by atoms with Crippen molar-refractivity contribution in [3.8, 4) is 0 Å². The zero-order valence-electron chi connectivity index (χ0n) is 11.8. The topological polar surface area (TPSA) is 29.3 Å². The van der Waals surface area contributed by atoms with Crippen LogP contribution in [-0.2, 0) is 0 Å². The van der Waals surface area contributed by atoms with Crippen LogP contribution < -0.4 is 5.73 Å². The molecule has 0 radical (unpaired) electrons. The molecule has 1 atom stereocenters. The summed E-state index contributed by atoms with van der Waals surface area (Å²) in [6.07, 6.45) is 1.12. The highest BCUT2D eigenvalue weighted by atomic mass is 15.2. The van der Waals surface area contributed by atoms with Gasteiger partial charge < -0.3 is 5.73 Å². The standard InChI is InChI=1S/C15H26N2/c1-6-15(3,4)17(5)14(11-16)13-9-7-8-12(2)10-13/h7-10,14H,6,11,16H2,1-5H3. The lowest BCUT2D eigenvalue weighted by Gasteiger charge is -2.40. The Balaban J connectivity index is 2.99. The van der Waals surface area contributed by atoms with E-state index in [2.05, 4.69) is 63.9 Å². The fourth-order valence-corrected chi connectivity index (χ4v) is 2.07.